The molecule has 6 nitrogen and oxygen atoms in total. The van der Waals surface area contributed by atoms with E-state index < -0.39 is 15.6 Å². The monoisotopic (exact) mass is 336 g/mol. The molecule has 1 aromatic heterocycles. The molecule has 0 saturated carbocycles. The number of sulfonamides is 1. The number of hydrogen-bond acceptors (Lipinski definition) is 5. The SMILES string of the molecule is CNCC1CCCN(S(=O)(=O)c2ccc3oc(=O)ccc3c2)C1. The maximum Gasteiger partial charge on any atom is 0.336 e. The summed E-state index contributed by atoms with van der Waals surface area (Å²) in [6, 6.07) is 7.49. The Bertz CT molecular complexity index is 858. The molecule has 1 aliphatic rings. The highest BCUT2D eigenvalue weighted by molar-refractivity contribution is 7.89. The first-order valence-corrected chi connectivity index (χ1v) is 9.13. The van der Waals surface area contributed by atoms with Gasteiger partial charge in [0, 0.05) is 24.5 Å². The van der Waals surface area contributed by atoms with Crippen molar-refractivity contribution in [2.45, 2.75) is 17.7 Å². The Hall–Kier alpha value is -1.70. The van der Waals surface area contributed by atoms with Crippen LogP contribution in [0.25, 0.3) is 11.0 Å². The second-order valence-electron chi connectivity index (χ2n) is 5.88. The molecular formula is C16H20N2O4S. The highest BCUT2D eigenvalue weighted by atomic mass is 32.2. The highest BCUT2D eigenvalue weighted by Crippen LogP contribution is 2.25. The Morgan fingerprint density at radius 2 is 2.13 bits per heavy atom. The van der Waals surface area contributed by atoms with Crippen molar-refractivity contribution < 1.29 is 12.8 Å². The summed E-state index contributed by atoms with van der Waals surface area (Å²) in [5.74, 6) is 0.335. The molecule has 1 fully saturated rings. The molecule has 2 heterocycles. The molecule has 1 atom stereocenters. The zero-order valence-corrected chi connectivity index (χ0v) is 13.8. The van der Waals surface area contributed by atoms with Crippen LogP contribution in [-0.2, 0) is 10.0 Å². The fourth-order valence-electron chi connectivity index (χ4n) is 3.06. The molecule has 1 aliphatic heterocycles. The van der Waals surface area contributed by atoms with Crippen LogP contribution in [0, 0.1) is 5.92 Å². The summed E-state index contributed by atoms with van der Waals surface area (Å²) < 4.78 is 32.3. The van der Waals surface area contributed by atoms with E-state index in [0.717, 1.165) is 19.4 Å². The first-order chi connectivity index (χ1) is 11.0. The van der Waals surface area contributed by atoms with Crippen LogP contribution in [0.1, 0.15) is 12.8 Å². The zero-order valence-electron chi connectivity index (χ0n) is 13.0. The Balaban J connectivity index is 1.92. The predicted octanol–water partition coefficient (Wildman–Crippen LogP) is 1.41. The molecule has 2 aromatic rings. The molecule has 7 heteroatoms. The topological polar surface area (TPSA) is 79.6 Å². The third kappa shape index (κ3) is 3.31. The molecular weight excluding hydrogens is 316 g/mol. The maximum absolute atomic E-state index is 12.9. The van der Waals surface area contributed by atoms with Crippen LogP contribution < -0.4 is 10.9 Å². The van der Waals surface area contributed by atoms with Gasteiger partial charge in [-0.1, -0.05) is 0 Å². The van der Waals surface area contributed by atoms with Crippen LogP contribution in [0.5, 0.6) is 0 Å². The van der Waals surface area contributed by atoms with Crippen molar-refractivity contribution in [2.75, 3.05) is 26.7 Å². The van der Waals surface area contributed by atoms with E-state index in [-0.39, 0.29) is 4.90 Å². The summed E-state index contributed by atoms with van der Waals surface area (Å²) in [4.78, 5) is 11.5. The van der Waals surface area contributed by atoms with E-state index in [4.69, 9.17) is 4.42 Å². The van der Waals surface area contributed by atoms with Crippen LogP contribution in [0.2, 0.25) is 0 Å². The van der Waals surface area contributed by atoms with Crippen molar-refractivity contribution in [1.29, 1.82) is 0 Å². The average molecular weight is 336 g/mol. The fourth-order valence-corrected chi connectivity index (χ4v) is 4.65. The lowest BCUT2D eigenvalue weighted by Crippen LogP contribution is -2.42. The third-order valence-corrected chi connectivity index (χ3v) is 6.06. The Morgan fingerprint density at radius 3 is 2.91 bits per heavy atom. The molecule has 3 rings (SSSR count). The standard InChI is InChI=1S/C16H20N2O4S/c1-17-10-12-3-2-8-18(11-12)23(20,21)14-5-6-15-13(9-14)4-7-16(19)22-15/h4-7,9,12,17H,2-3,8,10-11H2,1H3. The van der Waals surface area contributed by atoms with Crippen LogP contribution in [0.3, 0.4) is 0 Å². The van der Waals surface area contributed by atoms with Gasteiger partial charge < -0.3 is 9.73 Å². The van der Waals surface area contributed by atoms with E-state index in [2.05, 4.69) is 5.32 Å². The summed E-state index contributed by atoms with van der Waals surface area (Å²) in [7, 11) is -1.65. The van der Waals surface area contributed by atoms with Crippen molar-refractivity contribution in [3.63, 3.8) is 0 Å². The van der Waals surface area contributed by atoms with E-state index in [1.807, 2.05) is 7.05 Å². The Labute approximate surface area is 135 Å². The molecule has 1 unspecified atom stereocenters. The Morgan fingerprint density at radius 1 is 1.30 bits per heavy atom. The predicted molar refractivity (Wildman–Crippen MR) is 87.9 cm³/mol. The molecule has 0 bridgehead atoms. The minimum atomic E-state index is -3.53. The number of nitrogens with one attached hydrogen (secondary N) is 1. The van der Waals surface area contributed by atoms with Crippen molar-refractivity contribution in [3.05, 3.63) is 40.8 Å². The molecule has 0 spiro atoms. The normalized spacial score (nSPS) is 20.0. The number of nitrogens with zero attached hydrogens (tertiary/aromatic N) is 1. The van der Waals surface area contributed by atoms with Crippen LogP contribution in [-0.4, -0.2) is 39.4 Å². The fraction of sp³-hybridized carbons (Fsp3) is 0.438. The van der Waals surface area contributed by atoms with E-state index in [0.29, 0.717) is 30.0 Å². The van der Waals surface area contributed by atoms with Gasteiger partial charge in [0.2, 0.25) is 10.0 Å². The summed E-state index contributed by atoms with van der Waals surface area (Å²) in [6.45, 7) is 1.89. The van der Waals surface area contributed by atoms with Gasteiger partial charge >= 0.3 is 5.63 Å². The first-order valence-electron chi connectivity index (χ1n) is 7.69. The van der Waals surface area contributed by atoms with E-state index in [1.165, 1.54) is 12.1 Å². The van der Waals surface area contributed by atoms with Crippen molar-refractivity contribution in [3.8, 4) is 0 Å². The largest absolute Gasteiger partial charge is 0.423 e. The van der Waals surface area contributed by atoms with Crippen molar-refractivity contribution in [1.82, 2.24) is 9.62 Å². The molecule has 0 aliphatic carbocycles. The average Bonchev–Trinajstić information content (AvgIpc) is 2.55. The van der Waals surface area contributed by atoms with Crippen LogP contribution in [0.15, 0.2) is 44.4 Å². The van der Waals surface area contributed by atoms with Crippen molar-refractivity contribution in [2.24, 2.45) is 5.92 Å². The molecule has 1 N–H and O–H groups in total. The number of benzene rings is 1. The molecule has 1 saturated heterocycles. The van der Waals surface area contributed by atoms with E-state index >= 15 is 0 Å². The van der Waals surface area contributed by atoms with E-state index in [9.17, 15) is 13.2 Å². The lowest BCUT2D eigenvalue weighted by atomic mass is 10.00. The van der Waals surface area contributed by atoms with Gasteiger partial charge in [0.15, 0.2) is 0 Å². The molecule has 1 aromatic carbocycles. The molecule has 124 valence electrons. The first kappa shape index (κ1) is 16.2. The van der Waals surface area contributed by atoms with Gasteiger partial charge in [-0.2, -0.15) is 4.31 Å². The van der Waals surface area contributed by atoms with Crippen LogP contribution >= 0.6 is 0 Å². The minimum absolute atomic E-state index is 0.240. The highest BCUT2D eigenvalue weighted by Gasteiger charge is 2.30. The lowest BCUT2D eigenvalue weighted by molar-refractivity contribution is 0.263. The van der Waals surface area contributed by atoms with Gasteiger partial charge in [-0.3, -0.25) is 0 Å². The van der Waals surface area contributed by atoms with Crippen molar-refractivity contribution >= 4 is 21.0 Å². The smallest absolute Gasteiger partial charge is 0.336 e. The van der Waals surface area contributed by atoms with Crippen LogP contribution in [0.4, 0.5) is 0 Å². The second-order valence-corrected chi connectivity index (χ2v) is 7.82. The second kappa shape index (κ2) is 6.43. The Kier molecular flexibility index (Phi) is 4.52. The molecule has 23 heavy (non-hydrogen) atoms. The van der Waals surface area contributed by atoms with Gasteiger partial charge in [-0.15, -0.1) is 0 Å². The van der Waals surface area contributed by atoms with Gasteiger partial charge in [-0.25, -0.2) is 13.2 Å². The van der Waals surface area contributed by atoms with Gasteiger partial charge in [0.1, 0.15) is 5.58 Å². The quantitative estimate of drug-likeness (QED) is 0.854. The van der Waals surface area contributed by atoms with Gasteiger partial charge in [-0.05, 0) is 56.6 Å². The summed E-state index contributed by atoms with van der Waals surface area (Å²) in [5, 5.41) is 3.72. The maximum atomic E-state index is 12.9. The van der Waals surface area contributed by atoms with Gasteiger partial charge in [0.25, 0.3) is 0 Å². The molecule has 0 amide bonds. The van der Waals surface area contributed by atoms with E-state index in [1.54, 1.807) is 22.5 Å². The number of hydrogen-bond donors (Lipinski definition) is 1. The lowest BCUT2D eigenvalue weighted by Gasteiger charge is -2.31. The summed E-state index contributed by atoms with van der Waals surface area (Å²) in [5.41, 5.74) is -0.0535. The molecule has 0 radical (unpaired) electrons. The van der Waals surface area contributed by atoms with Gasteiger partial charge in [0.05, 0.1) is 4.90 Å². The zero-order chi connectivity index (χ0) is 16.4. The minimum Gasteiger partial charge on any atom is -0.423 e. The number of piperidine rings is 1. The number of rotatable bonds is 4. The summed E-state index contributed by atoms with van der Waals surface area (Å²) in [6.07, 6.45) is 1.91. The summed E-state index contributed by atoms with van der Waals surface area (Å²) >= 11 is 0. The third-order valence-electron chi connectivity index (χ3n) is 4.20. The number of fused-ring (bicyclic) bond motifs is 1.